The fraction of sp³-hybridized carbons (Fsp3) is 0.357. The number of nitrogens with zero attached hydrogens (tertiary/aromatic N) is 2. The van der Waals surface area contributed by atoms with Crippen LogP contribution in [0.25, 0.3) is 0 Å². The average Bonchev–Trinajstić information content (AvgIpc) is 3.17. The summed E-state index contributed by atoms with van der Waals surface area (Å²) in [5.74, 6) is -1.32. The van der Waals surface area contributed by atoms with Crippen molar-refractivity contribution in [2.75, 3.05) is 65.0 Å². The molecule has 9 heteroatoms. The van der Waals surface area contributed by atoms with Crippen LogP contribution in [-0.4, -0.2) is 87.4 Å². The lowest BCUT2D eigenvalue weighted by Crippen LogP contribution is -2.26. The first-order valence-corrected chi connectivity index (χ1v) is 12.4. The van der Waals surface area contributed by atoms with E-state index in [9.17, 15) is 9.59 Å². The van der Waals surface area contributed by atoms with Gasteiger partial charge in [0.2, 0.25) is 0 Å². The van der Waals surface area contributed by atoms with Crippen LogP contribution in [0.15, 0.2) is 59.7 Å². The van der Waals surface area contributed by atoms with Gasteiger partial charge in [0, 0.05) is 35.6 Å². The summed E-state index contributed by atoms with van der Waals surface area (Å²) in [5, 5.41) is 26.8. The number of anilines is 2. The number of imide groups is 1. The van der Waals surface area contributed by atoms with E-state index in [1.165, 1.54) is 0 Å². The molecule has 2 aromatic carbocycles. The fourth-order valence-electron chi connectivity index (χ4n) is 4.15. The second-order valence-electron chi connectivity index (χ2n) is 9.54. The molecule has 1 aliphatic heterocycles. The molecule has 0 bridgehead atoms. The van der Waals surface area contributed by atoms with Crippen LogP contribution in [0.4, 0.5) is 11.4 Å². The molecule has 2 amide bonds. The van der Waals surface area contributed by atoms with E-state index >= 15 is 0 Å². The number of hydrogen-bond donors (Lipinski definition) is 5. The Kier molecular flexibility index (Phi) is 9.71. The third-order valence-electron chi connectivity index (χ3n) is 6.02. The highest BCUT2D eigenvalue weighted by Gasteiger charge is 2.37. The minimum absolute atomic E-state index is 0.0834. The van der Waals surface area contributed by atoms with Crippen molar-refractivity contribution in [2.24, 2.45) is 0 Å². The number of rotatable bonds is 14. The van der Waals surface area contributed by atoms with Crippen molar-refractivity contribution in [1.29, 1.82) is 10.8 Å². The van der Waals surface area contributed by atoms with Crippen LogP contribution < -0.4 is 16.0 Å². The third kappa shape index (κ3) is 7.12. The molecular formula is C28H37N7O2. The standard InChI is InChI=1S/C28H37N7O2/c1-34(2)17-9-15-31-21-13-7-5-11-19(21)25(29)23-24(28(37)33-27(23)36)26(30)20-12-6-8-14-22(20)32-16-10-18-35(3)4/h5-8,11-14,29-32H,9-10,15-18H2,1-4H3,(H,33,36,37). The number of carbonyl (C=O) groups is 2. The number of hydrogen-bond acceptors (Lipinski definition) is 8. The molecule has 0 radical (unpaired) electrons. The van der Waals surface area contributed by atoms with Crippen molar-refractivity contribution in [3.8, 4) is 0 Å². The van der Waals surface area contributed by atoms with Gasteiger partial charge in [-0.25, -0.2) is 0 Å². The highest BCUT2D eigenvalue weighted by Crippen LogP contribution is 2.27. The lowest BCUT2D eigenvalue weighted by Gasteiger charge is -2.16. The van der Waals surface area contributed by atoms with Gasteiger partial charge in [-0.2, -0.15) is 0 Å². The van der Waals surface area contributed by atoms with Crippen LogP contribution in [-0.2, 0) is 9.59 Å². The van der Waals surface area contributed by atoms with E-state index in [1.807, 2.05) is 52.5 Å². The summed E-state index contributed by atoms with van der Waals surface area (Å²) in [6.07, 6.45) is 1.81. The first-order valence-electron chi connectivity index (χ1n) is 12.4. The number of para-hydroxylation sites is 2. The van der Waals surface area contributed by atoms with E-state index in [-0.39, 0.29) is 22.6 Å². The first-order chi connectivity index (χ1) is 17.7. The highest BCUT2D eigenvalue weighted by atomic mass is 16.2. The first kappa shape index (κ1) is 27.8. The zero-order valence-corrected chi connectivity index (χ0v) is 22.1. The SMILES string of the molecule is CN(C)CCCNc1ccccc1C(=N)C1=C(C(=N)c2ccccc2NCCCN(C)C)C(=O)NC1=O. The van der Waals surface area contributed by atoms with Gasteiger partial charge in [0.15, 0.2) is 0 Å². The van der Waals surface area contributed by atoms with Crippen molar-refractivity contribution >= 4 is 34.6 Å². The maximum Gasteiger partial charge on any atom is 0.261 e. The molecule has 9 nitrogen and oxygen atoms in total. The molecule has 0 atom stereocenters. The molecule has 0 saturated carbocycles. The van der Waals surface area contributed by atoms with Crippen LogP contribution in [0.5, 0.6) is 0 Å². The maximum absolute atomic E-state index is 12.9. The second-order valence-corrected chi connectivity index (χ2v) is 9.54. The average molecular weight is 504 g/mol. The fourth-order valence-corrected chi connectivity index (χ4v) is 4.15. The number of benzene rings is 2. The molecule has 0 unspecified atom stereocenters. The van der Waals surface area contributed by atoms with Gasteiger partial charge in [-0.05, 0) is 66.3 Å². The third-order valence-corrected chi connectivity index (χ3v) is 6.02. The van der Waals surface area contributed by atoms with Crippen molar-refractivity contribution < 1.29 is 9.59 Å². The Balaban J connectivity index is 1.91. The summed E-state index contributed by atoms with van der Waals surface area (Å²) in [6.45, 7) is 3.22. The Labute approximate surface area is 218 Å². The van der Waals surface area contributed by atoms with Gasteiger partial charge in [0.1, 0.15) is 0 Å². The predicted molar refractivity (Wildman–Crippen MR) is 150 cm³/mol. The van der Waals surface area contributed by atoms with Crippen molar-refractivity contribution in [3.05, 3.63) is 70.8 Å². The maximum atomic E-state index is 12.9. The van der Waals surface area contributed by atoms with Crippen LogP contribution in [0.2, 0.25) is 0 Å². The number of carbonyl (C=O) groups excluding carboxylic acids is 2. The van der Waals surface area contributed by atoms with Gasteiger partial charge in [-0.15, -0.1) is 0 Å². The molecule has 0 saturated heterocycles. The quantitative estimate of drug-likeness (QED) is 0.153. The van der Waals surface area contributed by atoms with Crippen LogP contribution in [0.1, 0.15) is 24.0 Å². The van der Waals surface area contributed by atoms with Gasteiger partial charge in [-0.3, -0.25) is 25.7 Å². The van der Waals surface area contributed by atoms with Crippen molar-refractivity contribution in [3.63, 3.8) is 0 Å². The molecule has 0 spiro atoms. The largest absolute Gasteiger partial charge is 0.384 e. The molecule has 196 valence electrons. The van der Waals surface area contributed by atoms with Gasteiger partial charge >= 0.3 is 0 Å². The number of nitrogens with one attached hydrogen (secondary N) is 5. The highest BCUT2D eigenvalue weighted by molar-refractivity contribution is 6.45. The Morgan fingerprint density at radius 3 is 1.46 bits per heavy atom. The minimum Gasteiger partial charge on any atom is -0.384 e. The van der Waals surface area contributed by atoms with Gasteiger partial charge < -0.3 is 20.4 Å². The van der Waals surface area contributed by atoms with Crippen LogP contribution in [0.3, 0.4) is 0 Å². The zero-order chi connectivity index (χ0) is 26.9. The minimum atomic E-state index is -0.659. The summed E-state index contributed by atoms with van der Waals surface area (Å²) in [5.41, 5.74) is 2.09. The molecule has 1 aliphatic rings. The van der Waals surface area contributed by atoms with Crippen molar-refractivity contribution in [2.45, 2.75) is 12.8 Å². The summed E-state index contributed by atoms with van der Waals surface area (Å²) in [4.78, 5) is 30.0. The van der Waals surface area contributed by atoms with E-state index in [2.05, 4.69) is 25.8 Å². The summed E-state index contributed by atoms with van der Waals surface area (Å²) in [6, 6.07) is 14.5. The van der Waals surface area contributed by atoms with E-state index in [0.717, 1.165) is 25.9 Å². The second kappa shape index (κ2) is 12.9. The summed E-state index contributed by atoms with van der Waals surface area (Å²) in [7, 11) is 8.05. The van der Waals surface area contributed by atoms with Gasteiger partial charge in [0.05, 0.1) is 22.6 Å². The number of amides is 2. The molecule has 0 aliphatic carbocycles. The molecule has 3 rings (SSSR count). The Morgan fingerprint density at radius 2 is 1.08 bits per heavy atom. The van der Waals surface area contributed by atoms with Gasteiger partial charge in [-0.1, -0.05) is 36.4 Å². The van der Waals surface area contributed by atoms with E-state index < -0.39 is 11.8 Å². The molecule has 0 aromatic heterocycles. The molecule has 2 aromatic rings. The normalized spacial score (nSPS) is 13.4. The molecule has 37 heavy (non-hydrogen) atoms. The van der Waals surface area contributed by atoms with Gasteiger partial charge in [0.25, 0.3) is 11.8 Å². The van der Waals surface area contributed by atoms with Crippen LogP contribution in [0, 0.1) is 10.8 Å². The monoisotopic (exact) mass is 503 g/mol. The van der Waals surface area contributed by atoms with Crippen LogP contribution >= 0.6 is 0 Å². The molecular weight excluding hydrogens is 466 g/mol. The molecule has 0 fully saturated rings. The molecule has 5 N–H and O–H groups in total. The topological polar surface area (TPSA) is 124 Å². The molecule has 1 heterocycles. The van der Waals surface area contributed by atoms with E-state index in [0.29, 0.717) is 35.6 Å². The Bertz CT molecular complexity index is 1110. The summed E-state index contributed by atoms with van der Waals surface area (Å²) >= 11 is 0. The Morgan fingerprint density at radius 1 is 0.703 bits per heavy atom. The predicted octanol–water partition coefficient (Wildman–Crippen LogP) is 2.80. The van der Waals surface area contributed by atoms with Crippen molar-refractivity contribution in [1.82, 2.24) is 15.1 Å². The van der Waals surface area contributed by atoms with E-state index in [4.69, 9.17) is 10.8 Å². The Hall–Kier alpha value is -3.82. The zero-order valence-electron chi connectivity index (χ0n) is 22.1. The lowest BCUT2D eigenvalue weighted by atomic mass is 9.92. The van der Waals surface area contributed by atoms with E-state index in [1.54, 1.807) is 24.3 Å². The smallest absolute Gasteiger partial charge is 0.261 e. The lowest BCUT2D eigenvalue weighted by molar-refractivity contribution is -0.123. The summed E-state index contributed by atoms with van der Waals surface area (Å²) < 4.78 is 0.